The maximum Gasteiger partial charge on any atom is 0.157 e. The number of nitrogen functional groups attached to an aromatic ring is 1. The topological polar surface area (TPSA) is 117 Å². The third kappa shape index (κ3) is 3.22. The Morgan fingerprint density at radius 2 is 1.97 bits per heavy atom. The van der Waals surface area contributed by atoms with Gasteiger partial charge in [-0.3, -0.25) is 9.55 Å². The number of fused-ring (bicyclic) bond motifs is 2. The Kier molecular flexibility index (Phi) is 4.32. The third-order valence-electron chi connectivity index (χ3n) is 4.74. The molecule has 3 N–H and O–H groups in total. The molecule has 0 bridgehead atoms. The molecule has 4 aromatic heterocycles. The maximum absolute atomic E-state index is 5.93. The number of nitrogens with one attached hydrogen (secondary N) is 1. The summed E-state index contributed by atoms with van der Waals surface area (Å²) in [5.41, 5.74) is 8.14. The van der Waals surface area contributed by atoms with E-state index in [1.54, 1.807) is 12.4 Å². The standard InChI is InChI=1S/C21H18N8O/c1-23-18-5-3-13-2-4-15(8-17(13)28-18)30-11-14-9-24-10-19(27-14)29-7-6-16-20(22)25-12-26-21(16)29/h2-10,12H,11H2,1H3,(H,23,28)(H2,22,25,26). The summed E-state index contributed by atoms with van der Waals surface area (Å²) in [6.07, 6.45) is 6.62. The maximum atomic E-state index is 5.93. The second-order valence-corrected chi connectivity index (χ2v) is 6.64. The molecule has 5 rings (SSSR count). The number of pyridine rings is 1. The van der Waals surface area contributed by atoms with Crippen LogP contribution < -0.4 is 15.8 Å². The highest BCUT2D eigenvalue weighted by Crippen LogP contribution is 2.23. The van der Waals surface area contributed by atoms with Gasteiger partial charge in [0.2, 0.25) is 0 Å². The van der Waals surface area contributed by atoms with E-state index in [-0.39, 0.29) is 6.61 Å². The molecule has 9 nitrogen and oxygen atoms in total. The summed E-state index contributed by atoms with van der Waals surface area (Å²) >= 11 is 0. The van der Waals surface area contributed by atoms with Crippen LogP contribution in [0.2, 0.25) is 0 Å². The van der Waals surface area contributed by atoms with E-state index >= 15 is 0 Å². The van der Waals surface area contributed by atoms with E-state index in [2.05, 4.69) is 30.2 Å². The van der Waals surface area contributed by atoms with Crippen LogP contribution in [-0.4, -0.2) is 36.5 Å². The summed E-state index contributed by atoms with van der Waals surface area (Å²) in [5, 5.41) is 4.86. The molecule has 1 aromatic carbocycles. The molecule has 0 aliphatic heterocycles. The number of ether oxygens (including phenoxy) is 1. The molecule has 0 aliphatic rings. The number of nitrogens with two attached hydrogens (primary N) is 1. The predicted octanol–water partition coefficient (Wildman–Crippen LogP) is 2.96. The van der Waals surface area contributed by atoms with E-state index in [1.165, 1.54) is 6.33 Å². The summed E-state index contributed by atoms with van der Waals surface area (Å²) < 4.78 is 7.76. The second-order valence-electron chi connectivity index (χ2n) is 6.64. The zero-order chi connectivity index (χ0) is 20.5. The van der Waals surface area contributed by atoms with E-state index in [1.807, 2.05) is 54.2 Å². The number of nitrogens with zero attached hydrogens (tertiary/aromatic N) is 6. The van der Waals surface area contributed by atoms with Crippen LogP contribution in [0.4, 0.5) is 11.6 Å². The van der Waals surface area contributed by atoms with Gasteiger partial charge in [-0.05, 0) is 30.3 Å². The van der Waals surface area contributed by atoms with Gasteiger partial charge in [-0.15, -0.1) is 0 Å². The van der Waals surface area contributed by atoms with E-state index in [9.17, 15) is 0 Å². The third-order valence-corrected chi connectivity index (χ3v) is 4.74. The largest absolute Gasteiger partial charge is 0.487 e. The van der Waals surface area contributed by atoms with Crippen molar-refractivity contribution < 1.29 is 4.74 Å². The Hall–Kier alpha value is -4.27. The monoisotopic (exact) mass is 398 g/mol. The van der Waals surface area contributed by atoms with Crippen molar-refractivity contribution >= 4 is 33.6 Å². The minimum Gasteiger partial charge on any atom is -0.487 e. The summed E-state index contributed by atoms with van der Waals surface area (Å²) in [7, 11) is 1.84. The average molecular weight is 398 g/mol. The van der Waals surface area contributed by atoms with E-state index in [0.29, 0.717) is 28.7 Å². The fourth-order valence-electron chi connectivity index (χ4n) is 3.22. The first kappa shape index (κ1) is 17.8. The first-order valence-corrected chi connectivity index (χ1v) is 9.31. The van der Waals surface area contributed by atoms with Crippen molar-refractivity contribution in [2.75, 3.05) is 18.1 Å². The van der Waals surface area contributed by atoms with E-state index in [0.717, 1.165) is 22.1 Å². The number of aromatic nitrogens is 6. The summed E-state index contributed by atoms with van der Waals surface area (Å²) in [5.74, 6) is 2.57. The van der Waals surface area contributed by atoms with Crippen LogP contribution in [0.3, 0.4) is 0 Å². The van der Waals surface area contributed by atoms with Crippen molar-refractivity contribution in [3.63, 3.8) is 0 Å². The molecule has 0 unspecified atom stereocenters. The molecule has 4 heterocycles. The van der Waals surface area contributed by atoms with Crippen LogP contribution in [0.25, 0.3) is 27.8 Å². The molecular weight excluding hydrogens is 380 g/mol. The van der Waals surface area contributed by atoms with Gasteiger partial charge in [0.05, 0.1) is 29.0 Å². The van der Waals surface area contributed by atoms with Gasteiger partial charge in [0.15, 0.2) is 11.5 Å². The highest BCUT2D eigenvalue weighted by Gasteiger charge is 2.10. The van der Waals surface area contributed by atoms with Gasteiger partial charge in [-0.25, -0.2) is 19.9 Å². The minimum absolute atomic E-state index is 0.272. The molecular formula is C21H18N8O. The number of anilines is 2. The van der Waals surface area contributed by atoms with Gasteiger partial charge in [-0.1, -0.05) is 0 Å². The van der Waals surface area contributed by atoms with Crippen molar-refractivity contribution in [3.8, 4) is 11.6 Å². The first-order valence-electron chi connectivity index (χ1n) is 9.31. The minimum atomic E-state index is 0.272. The van der Waals surface area contributed by atoms with Gasteiger partial charge in [0.25, 0.3) is 0 Å². The zero-order valence-corrected chi connectivity index (χ0v) is 16.1. The fraction of sp³-hybridized carbons (Fsp3) is 0.0952. The molecule has 0 radical (unpaired) electrons. The van der Waals surface area contributed by atoms with Crippen molar-refractivity contribution in [1.29, 1.82) is 0 Å². The normalized spacial score (nSPS) is 11.1. The van der Waals surface area contributed by atoms with Gasteiger partial charge in [0, 0.05) is 24.7 Å². The molecule has 0 saturated heterocycles. The zero-order valence-electron chi connectivity index (χ0n) is 16.1. The lowest BCUT2D eigenvalue weighted by Gasteiger charge is -2.09. The lowest BCUT2D eigenvalue weighted by molar-refractivity contribution is 0.301. The molecule has 0 spiro atoms. The second kappa shape index (κ2) is 7.28. The van der Waals surface area contributed by atoms with Gasteiger partial charge in [0.1, 0.15) is 30.3 Å². The molecule has 0 atom stereocenters. The first-order chi connectivity index (χ1) is 14.7. The molecule has 5 aromatic rings. The predicted molar refractivity (Wildman–Crippen MR) is 114 cm³/mol. The van der Waals surface area contributed by atoms with Crippen LogP contribution in [0, 0.1) is 0 Å². The van der Waals surface area contributed by atoms with Crippen molar-refractivity contribution in [3.05, 3.63) is 67.0 Å². The molecule has 148 valence electrons. The summed E-state index contributed by atoms with van der Waals surface area (Å²) in [6, 6.07) is 11.6. The smallest absolute Gasteiger partial charge is 0.157 e. The fourth-order valence-corrected chi connectivity index (χ4v) is 3.22. The number of hydrogen-bond acceptors (Lipinski definition) is 8. The molecule has 0 saturated carbocycles. The lowest BCUT2D eigenvalue weighted by atomic mass is 10.2. The van der Waals surface area contributed by atoms with Crippen molar-refractivity contribution in [2.45, 2.75) is 6.61 Å². The summed E-state index contributed by atoms with van der Waals surface area (Å²) in [4.78, 5) is 21.8. The lowest BCUT2D eigenvalue weighted by Crippen LogP contribution is -2.05. The Labute approximate surface area is 171 Å². The molecule has 0 amide bonds. The van der Waals surface area contributed by atoms with Crippen LogP contribution in [0.5, 0.6) is 5.75 Å². The average Bonchev–Trinajstić information content (AvgIpc) is 3.23. The van der Waals surface area contributed by atoms with Crippen LogP contribution in [-0.2, 0) is 6.61 Å². The Balaban J connectivity index is 1.40. The highest BCUT2D eigenvalue weighted by molar-refractivity contribution is 5.87. The van der Waals surface area contributed by atoms with E-state index < -0.39 is 0 Å². The number of rotatable bonds is 5. The highest BCUT2D eigenvalue weighted by atomic mass is 16.5. The SMILES string of the molecule is CNc1ccc2ccc(OCc3cncc(-n4ccc5c(N)ncnc54)n3)cc2n1. The van der Waals surface area contributed by atoms with Gasteiger partial charge in [-0.2, -0.15) is 0 Å². The summed E-state index contributed by atoms with van der Waals surface area (Å²) in [6.45, 7) is 0.272. The van der Waals surface area contributed by atoms with Gasteiger partial charge < -0.3 is 15.8 Å². The quantitative estimate of drug-likeness (QED) is 0.464. The number of benzene rings is 1. The molecule has 0 fully saturated rings. The Morgan fingerprint density at radius 1 is 1.07 bits per heavy atom. The van der Waals surface area contributed by atoms with Crippen molar-refractivity contribution in [1.82, 2.24) is 29.5 Å². The Bertz CT molecular complexity index is 1360. The Morgan fingerprint density at radius 3 is 2.87 bits per heavy atom. The van der Waals surface area contributed by atoms with Crippen LogP contribution >= 0.6 is 0 Å². The van der Waals surface area contributed by atoms with Crippen LogP contribution in [0.1, 0.15) is 5.69 Å². The number of hydrogen-bond donors (Lipinski definition) is 2. The van der Waals surface area contributed by atoms with Crippen molar-refractivity contribution in [2.24, 2.45) is 0 Å². The molecule has 9 heteroatoms. The van der Waals surface area contributed by atoms with E-state index in [4.69, 9.17) is 10.5 Å². The van der Waals surface area contributed by atoms with Gasteiger partial charge >= 0.3 is 0 Å². The van der Waals surface area contributed by atoms with Crippen LogP contribution in [0.15, 0.2) is 61.3 Å². The molecule has 0 aliphatic carbocycles. The molecule has 30 heavy (non-hydrogen) atoms.